The summed E-state index contributed by atoms with van der Waals surface area (Å²) in [6.45, 7) is 3.90. The Labute approximate surface area is 236 Å². The lowest BCUT2D eigenvalue weighted by Gasteiger charge is -2.53. The molecular weight excluding hydrogens is 542 g/mol. The van der Waals surface area contributed by atoms with Crippen LogP contribution >= 0.6 is 11.6 Å². The van der Waals surface area contributed by atoms with Gasteiger partial charge in [-0.1, -0.05) is 18.5 Å². The molecule has 40 heavy (non-hydrogen) atoms. The number of likely N-dealkylation sites (N-methyl/N-ethyl adjacent to an activating group) is 1. The van der Waals surface area contributed by atoms with Gasteiger partial charge in [0.25, 0.3) is 11.9 Å². The minimum absolute atomic E-state index is 0.113. The van der Waals surface area contributed by atoms with E-state index in [4.69, 9.17) is 21.1 Å². The van der Waals surface area contributed by atoms with Crippen LogP contribution in [0.2, 0.25) is 5.15 Å². The molecule has 2 N–H and O–H groups in total. The number of anilines is 1. The molecule has 6 rings (SSSR count). The fourth-order valence-corrected chi connectivity index (χ4v) is 5.84. The number of ether oxygens (including phenoxy) is 2. The van der Waals surface area contributed by atoms with Crippen molar-refractivity contribution in [2.45, 2.75) is 50.7 Å². The van der Waals surface area contributed by atoms with Crippen LogP contribution in [0, 0.1) is 11.8 Å². The Kier molecular flexibility index (Phi) is 8.04. The van der Waals surface area contributed by atoms with Gasteiger partial charge in [0.1, 0.15) is 28.0 Å². The first-order chi connectivity index (χ1) is 19.3. The molecule has 1 saturated carbocycles. The van der Waals surface area contributed by atoms with Crippen molar-refractivity contribution in [3.8, 4) is 22.9 Å². The number of carbonyl (C=O) groups excluding carboxylic acids is 1. The van der Waals surface area contributed by atoms with Gasteiger partial charge in [-0.3, -0.25) is 9.69 Å². The van der Waals surface area contributed by atoms with E-state index in [9.17, 15) is 9.18 Å². The molecule has 0 spiro atoms. The minimum Gasteiger partial charge on any atom is -0.497 e. The van der Waals surface area contributed by atoms with E-state index in [1.807, 2.05) is 0 Å². The highest BCUT2D eigenvalue weighted by Gasteiger charge is 2.45. The zero-order chi connectivity index (χ0) is 28.4. The van der Waals surface area contributed by atoms with Crippen molar-refractivity contribution >= 4 is 23.3 Å². The fraction of sp³-hybridized carbons (Fsp3) is 0.429. The molecule has 0 unspecified atom stereocenters. The monoisotopic (exact) mass is 572 g/mol. The molecule has 0 radical (unpaired) electrons. The Morgan fingerprint density at radius 3 is 2.62 bits per heavy atom. The number of benzene rings is 1. The van der Waals surface area contributed by atoms with Gasteiger partial charge in [0, 0.05) is 30.8 Å². The quantitative estimate of drug-likeness (QED) is 0.351. The zero-order valence-electron chi connectivity index (χ0n) is 22.6. The number of rotatable bonds is 9. The Bertz CT molecular complexity index is 1420. The third kappa shape index (κ3) is 5.53. The van der Waals surface area contributed by atoms with E-state index in [-0.39, 0.29) is 34.5 Å². The third-order valence-electron chi connectivity index (χ3n) is 7.80. The highest BCUT2D eigenvalue weighted by atomic mass is 35.5. The van der Waals surface area contributed by atoms with E-state index in [1.165, 1.54) is 19.4 Å². The van der Waals surface area contributed by atoms with E-state index in [1.54, 1.807) is 25.3 Å². The molecule has 1 aromatic carbocycles. The first-order valence-electron chi connectivity index (χ1n) is 13.2. The van der Waals surface area contributed by atoms with Crippen LogP contribution in [0.3, 0.4) is 0 Å². The minimum atomic E-state index is -0.963. The summed E-state index contributed by atoms with van der Waals surface area (Å²) < 4.78 is 41.2. The average Bonchev–Trinajstić information content (AvgIpc) is 2.97. The van der Waals surface area contributed by atoms with Gasteiger partial charge in [-0.15, -0.1) is 0 Å². The molecule has 3 aromatic rings. The van der Waals surface area contributed by atoms with Crippen molar-refractivity contribution < 1.29 is 23.0 Å². The zero-order valence-corrected chi connectivity index (χ0v) is 23.3. The molecule has 9 nitrogen and oxygen atoms in total. The lowest BCUT2D eigenvalue weighted by molar-refractivity contribution is 0.0140. The van der Waals surface area contributed by atoms with Gasteiger partial charge in [0.2, 0.25) is 0 Å². The maximum atomic E-state index is 15.6. The molecule has 2 aromatic heterocycles. The molecule has 3 fully saturated rings. The smallest absolute Gasteiger partial charge is 0.256 e. The predicted octanol–water partition coefficient (Wildman–Crippen LogP) is 4.85. The Morgan fingerprint density at radius 2 is 1.95 bits per heavy atom. The highest BCUT2D eigenvalue weighted by molar-refractivity contribution is 6.30. The third-order valence-corrected chi connectivity index (χ3v) is 8.00. The summed E-state index contributed by atoms with van der Waals surface area (Å²) in [7, 11) is 3.07. The number of nitrogens with one attached hydrogen (secondary N) is 2. The van der Waals surface area contributed by atoms with Gasteiger partial charge in [0.15, 0.2) is 11.6 Å². The number of fused-ring (bicyclic) bond motifs is 3. The second-order valence-electron chi connectivity index (χ2n) is 10.1. The summed E-state index contributed by atoms with van der Waals surface area (Å²) in [5.41, 5.74) is -0.494. The molecule has 1 aliphatic carbocycles. The Balaban J connectivity index is 1.35. The number of piperidine rings is 2. The first-order valence-corrected chi connectivity index (χ1v) is 13.5. The van der Waals surface area contributed by atoms with Crippen molar-refractivity contribution in [1.29, 1.82) is 0 Å². The normalized spacial score (nSPS) is 20.3. The van der Waals surface area contributed by atoms with E-state index < -0.39 is 23.2 Å². The van der Waals surface area contributed by atoms with Gasteiger partial charge in [-0.2, -0.15) is 4.39 Å². The number of nitrogens with zero attached hydrogens (tertiary/aromatic N) is 4. The van der Waals surface area contributed by atoms with Crippen LogP contribution in [0.25, 0.3) is 11.4 Å². The van der Waals surface area contributed by atoms with Gasteiger partial charge in [-0.25, -0.2) is 19.3 Å². The van der Waals surface area contributed by atoms with Gasteiger partial charge in [-0.05, 0) is 50.4 Å². The van der Waals surface area contributed by atoms with Crippen LogP contribution in [0.5, 0.6) is 11.5 Å². The fourth-order valence-electron chi connectivity index (χ4n) is 5.65. The van der Waals surface area contributed by atoms with Crippen molar-refractivity contribution in [3.05, 3.63) is 58.5 Å². The van der Waals surface area contributed by atoms with Crippen LogP contribution in [0.1, 0.15) is 48.5 Å². The molecule has 2 aliphatic heterocycles. The number of amides is 1. The number of carbonyl (C=O) groups is 1. The molecule has 2 saturated heterocycles. The maximum Gasteiger partial charge on any atom is 0.256 e. The number of halogens is 3. The molecular formula is C28H31ClF2N6O3. The van der Waals surface area contributed by atoms with Gasteiger partial charge >= 0.3 is 0 Å². The lowest BCUT2D eigenvalue weighted by atomic mass is 9.73. The van der Waals surface area contributed by atoms with Gasteiger partial charge in [0.05, 0.1) is 31.5 Å². The molecule has 3 aliphatic rings. The maximum absolute atomic E-state index is 15.6. The summed E-state index contributed by atoms with van der Waals surface area (Å²) >= 11 is 6.18. The van der Waals surface area contributed by atoms with E-state index >= 15 is 4.39 Å². The summed E-state index contributed by atoms with van der Waals surface area (Å²) in [4.78, 5) is 27.6. The number of hydrogen-bond donors (Lipinski definition) is 2. The van der Waals surface area contributed by atoms with E-state index in [0.717, 1.165) is 44.3 Å². The van der Waals surface area contributed by atoms with Crippen LogP contribution in [0.15, 0.2) is 30.5 Å². The second-order valence-corrected chi connectivity index (χ2v) is 10.5. The van der Waals surface area contributed by atoms with Crippen LogP contribution in [0.4, 0.5) is 14.6 Å². The van der Waals surface area contributed by atoms with Crippen molar-refractivity contribution in [2.75, 3.05) is 32.6 Å². The van der Waals surface area contributed by atoms with Crippen molar-refractivity contribution in [3.63, 3.8) is 0 Å². The van der Waals surface area contributed by atoms with Crippen LogP contribution in [-0.2, 0) is 6.54 Å². The number of aromatic nitrogens is 3. The lowest BCUT2D eigenvalue weighted by Crippen LogP contribution is -2.65. The predicted molar refractivity (Wildman–Crippen MR) is 147 cm³/mol. The number of hydrogen-bond acceptors (Lipinski definition) is 8. The molecule has 212 valence electrons. The SMILES string of the molecule is CCN1CC2(NC(=O)c3cc(Cl)nc(-c4cnc(NCc5ccc(OC)cc5OC)c(F)n4)c3F)CCC1CC2. The number of pyridine rings is 1. The van der Waals surface area contributed by atoms with Crippen LogP contribution < -0.4 is 20.1 Å². The largest absolute Gasteiger partial charge is 0.497 e. The molecule has 2 bridgehead atoms. The summed E-state index contributed by atoms with van der Waals surface area (Å²) in [6.07, 6.45) is 4.82. The van der Waals surface area contributed by atoms with Crippen molar-refractivity contribution in [2.24, 2.45) is 0 Å². The average molecular weight is 573 g/mol. The molecule has 12 heteroatoms. The standard InChI is InChI=1S/C28H31ClF2N6O3/c1-4-37-15-28(9-7-17(37)8-10-28)36-27(38)19-12-22(29)35-24(23(19)30)20-14-33-26(25(31)34-20)32-13-16-5-6-18(39-2)11-21(16)40-3/h5-6,11-12,14,17H,4,7-10,13,15H2,1-3H3,(H,32,33)(H,36,38). The molecule has 4 heterocycles. The Morgan fingerprint density at radius 1 is 1.18 bits per heavy atom. The molecule has 1 amide bonds. The van der Waals surface area contributed by atoms with E-state index in [0.29, 0.717) is 17.5 Å². The summed E-state index contributed by atoms with van der Waals surface area (Å²) in [5, 5.41) is 5.82. The van der Waals surface area contributed by atoms with Crippen molar-refractivity contribution in [1.82, 2.24) is 25.2 Å². The van der Waals surface area contributed by atoms with E-state index in [2.05, 4.69) is 37.4 Å². The Hall–Kier alpha value is -3.57. The van der Waals surface area contributed by atoms with Gasteiger partial charge < -0.3 is 20.1 Å². The number of methoxy groups -OCH3 is 2. The summed E-state index contributed by atoms with van der Waals surface area (Å²) in [6, 6.07) is 6.96. The van der Waals surface area contributed by atoms with Crippen LogP contribution in [-0.4, -0.2) is 64.6 Å². The highest BCUT2D eigenvalue weighted by Crippen LogP contribution is 2.38. The second kappa shape index (κ2) is 11.5. The topological polar surface area (TPSA) is 102 Å². The summed E-state index contributed by atoms with van der Waals surface area (Å²) in [5.74, 6) is -1.46. The first kappa shape index (κ1) is 28.0. The molecule has 0 atom stereocenters.